The molecule has 0 aliphatic rings. The summed E-state index contributed by atoms with van der Waals surface area (Å²) in [5.74, 6) is 0. The van der Waals surface area contributed by atoms with E-state index in [1.165, 1.54) is 12.1 Å². The van der Waals surface area contributed by atoms with Gasteiger partial charge in [0.2, 0.25) is 0 Å². The van der Waals surface area contributed by atoms with E-state index in [-0.39, 0.29) is 13.2 Å². The molecule has 132 valence electrons. The number of hydrogen-bond donors (Lipinski definition) is 6. The Labute approximate surface area is 129 Å². The van der Waals surface area contributed by atoms with Gasteiger partial charge in [-0.1, -0.05) is 12.1 Å². The molecular weight excluding hydrogens is 342 g/mol. The highest BCUT2D eigenvalue weighted by molar-refractivity contribution is 7.86. The Balaban J connectivity index is 0. The van der Waals surface area contributed by atoms with Gasteiger partial charge >= 0.3 is 16.3 Å². The zero-order valence-corrected chi connectivity index (χ0v) is 12.2. The summed E-state index contributed by atoms with van der Waals surface area (Å²) in [7, 11) is -4.52. The minimum atomic E-state index is -4.52. The van der Waals surface area contributed by atoms with Crippen molar-refractivity contribution in [1.29, 1.82) is 0 Å². The maximum atomic E-state index is 10.6. The van der Waals surface area contributed by atoms with Crippen LogP contribution >= 0.6 is 0 Å². The van der Waals surface area contributed by atoms with Gasteiger partial charge in [0.25, 0.3) is 5.69 Å². The van der Waals surface area contributed by atoms with E-state index in [9.17, 15) is 18.5 Å². The number of aliphatic hydroxyl groups excluding tert-OH is 3. The molecular formula is C10H15NO11S. The van der Waals surface area contributed by atoms with Crippen LogP contribution in [0.2, 0.25) is 0 Å². The highest BCUT2D eigenvalue weighted by atomic mass is 32.2. The second kappa shape index (κ2) is 11.3. The van der Waals surface area contributed by atoms with Crippen LogP contribution < -0.4 is 0 Å². The van der Waals surface area contributed by atoms with Gasteiger partial charge in [0.05, 0.1) is 18.1 Å². The van der Waals surface area contributed by atoms with Crippen LogP contribution in [0.3, 0.4) is 0 Å². The zero-order chi connectivity index (χ0) is 18.6. The summed E-state index contributed by atoms with van der Waals surface area (Å²) >= 11 is 0. The Hall–Kier alpha value is -2.32. The first-order valence-corrected chi connectivity index (χ1v) is 6.93. The predicted molar refractivity (Wildman–Crippen MR) is 73.7 cm³/mol. The van der Waals surface area contributed by atoms with Gasteiger partial charge in [-0.25, -0.2) is 4.79 Å². The number of benzene rings is 1. The lowest BCUT2D eigenvalue weighted by molar-refractivity contribution is -0.387. The van der Waals surface area contributed by atoms with Crippen LogP contribution in [0, 0.1) is 10.1 Å². The number of carbonyl (C=O) groups is 1. The Morgan fingerprint density at radius 2 is 1.57 bits per heavy atom. The summed E-state index contributed by atoms with van der Waals surface area (Å²) < 4.78 is 29.8. The molecule has 0 saturated heterocycles. The molecule has 12 nitrogen and oxygen atoms in total. The first-order valence-electron chi connectivity index (χ1n) is 5.49. The lowest BCUT2D eigenvalue weighted by Crippen LogP contribution is -2.15. The Morgan fingerprint density at radius 1 is 1.17 bits per heavy atom. The summed E-state index contributed by atoms with van der Waals surface area (Å²) in [6.45, 7) is -0.729. The van der Waals surface area contributed by atoms with Crippen molar-refractivity contribution in [1.82, 2.24) is 0 Å². The van der Waals surface area contributed by atoms with Crippen molar-refractivity contribution in [2.75, 3.05) is 13.2 Å². The number of carboxylic acid groups (broad SMARTS) is 2. The van der Waals surface area contributed by atoms with Crippen molar-refractivity contribution in [2.45, 2.75) is 11.0 Å². The fourth-order valence-corrected chi connectivity index (χ4v) is 1.54. The quantitative estimate of drug-likeness (QED) is 0.227. The van der Waals surface area contributed by atoms with Gasteiger partial charge in [-0.05, 0) is 6.07 Å². The summed E-state index contributed by atoms with van der Waals surface area (Å²) in [6, 6.07) is 4.57. The monoisotopic (exact) mass is 357 g/mol. The number of nitro groups is 1. The molecule has 0 fully saturated rings. The minimum absolute atomic E-state index is 0.365. The average molecular weight is 357 g/mol. The normalized spacial score (nSPS) is 9.96. The van der Waals surface area contributed by atoms with Crippen molar-refractivity contribution in [3.8, 4) is 0 Å². The molecule has 1 aromatic carbocycles. The highest BCUT2D eigenvalue weighted by Crippen LogP contribution is 2.21. The van der Waals surface area contributed by atoms with Gasteiger partial charge in [-0.2, -0.15) is 8.42 Å². The second-order valence-corrected chi connectivity index (χ2v) is 4.89. The maximum absolute atomic E-state index is 10.6. The molecule has 0 aliphatic heterocycles. The predicted octanol–water partition coefficient (Wildman–Crippen LogP) is -0.604. The molecule has 0 radical (unpaired) electrons. The Kier molecular flexibility index (Phi) is 11.3. The van der Waals surface area contributed by atoms with Gasteiger partial charge in [0.1, 0.15) is 6.10 Å². The SMILES string of the molecule is O=C(O)O.O=[N+]([O-])c1ccccc1S(=O)(=O)O.OCC(O)CO. The number of aliphatic hydroxyl groups is 3. The van der Waals surface area contributed by atoms with Crippen molar-refractivity contribution in [2.24, 2.45) is 0 Å². The van der Waals surface area contributed by atoms with Crippen LogP contribution in [0.15, 0.2) is 29.2 Å². The standard InChI is InChI=1S/C6H5NO5S.C3H8O3.CH2O3/c8-7(9)5-3-1-2-4-6(5)13(10,11)12;4-1-3(6)2-5;2-1(3)4/h1-4H,(H,10,11,12);3-6H,1-2H2;(H2,2,3,4). The van der Waals surface area contributed by atoms with Gasteiger partial charge in [0.15, 0.2) is 4.90 Å². The fourth-order valence-electron chi connectivity index (χ4n) is 0.884. The van der Waals surface area contributed by atoms with E-state index in [4.69, 9.17) is 34.9 Å². The smallest absolute Gasteiger partial charge is 0.450 e. The van der Waals surface area contributed by atoms with E-state index >= 15 is 0 Å². The number of nitrogens with zero attached hydrogens (tertiary/aromatic N) is 1. The Bertz CT molecular complexity index is 593. The molecule has 13 heteroatoms. The van der Waals surface area contributed by atoms with Crippen LogP contribution in [0.4, 0.5) is 10.5 Å². The zero-order valence-electron chi connectivity index (χ0n) is 11.4. The van der Waals surface area contributed by atoms with Crippen LogP contribution in [-0.2, 0) is 10.1 Å². The molecule has 1 rings (SSSR count). The molecule has 0 atom stereocenters. The van der Waals surface area contributed by atoms with E-state index in [2.05, 4.69) is 0 Å². The molecule has 0 bridgehead atoms. The van der Waals surface area contributed by atoms with Crippen LogP contribution in [0.25, 0.3) is 0 Å². The molecule has 0 saturated carbocycles. The molecule has 0 unspecified atom stereocenters. The minimum Gasteiger partial charge on any atom is -0.450 e. The summed E-state index contributed by atoms with van der Waals surface area (Å²) in [5, 5.41) is 48.3. The molecule has 0 aromatic heterocycles. The van der Waals surface area contributed by atoms with Crippen molar-refractivity contribution in [3.63, 3.8) is 0 Å². The molecule has 6 N–H and O–H groups in total. The topological polar surface area (TPSA) is 216 Å². The van der Waals surface area contributed by atoms with Gasteiger partial charge < -0.3 is 25.5 Å². The molecule has 0 aliphatic carbocycles. The number of nitro benzene ring substituents is 1. The molecule has 23 heavy (non-hydrogen) atoms. The van der Waals surface area contributed by atoms with Crippen LogP contribution in [-0.4, -0.2) is 68.9 Å². The van der Waals surface area contributed by atoms with Crippen LogP contribution in [0.5, 0.6) is 0 Å². The van der Waals surface area contributed by atoms with Gasteiger partial charge in [0, 0.05) is 6.07 Å². The molecule has 0 spiro atoms. The highest BCUT2D eigenvalue weighted by Gasteiger charge is 2.22. The number of rotatable bonds is 4. The number of para-hydroxylation sites is 1. The Morgan fingerprint density at radius 3 is 1.78 bits per heavy atom. The first kappa shape index (κ1) is 23.0. The van der Waals surface area contributed by atoms with Crippen molar-refractivity contribution >= 4 is 22.0 Å². The second-order valence-electron chi connectivity index (χ2n) is 3.50. The van der Waals surface area contributed by atoms with E-state index in [0.29, 0.717) is 0 Å². The fraction of sp³-hybridized carbons (Fsp3) is 0.300. The molecule has 1 aromatic rings. The van der Waals surface area contributed by atoms with Gasteiger partial charge in [-0.3, -0.25) is 14.7 Å². The lowest BCUT2D eigenvalue weighted by atomic mass is 10.3. The van der Waals surface area contributed by atoms with E-state index in [1.54, 1.807) is 0 Å². The summed E-state index contributed by atoms with van der Waals surface area (Å²) in [5.41, 5.74) is -0.634. The first-order chi connectivity index (χ1) is 10.5. The molecule has 0 heterocycles. The van der Waals surface area contributed by atoms with Crippen molar-refractivity contribution < 1.29 is 48.2 Å². The van der Waals surface area contributed by atoms with Crippen LogP contribution in [0.1, 0.15) is 0 Å². The third-order valence-corrected chi connectivity index (χ3v) is 2.66. The molecule has 0 amide bonds. The summed E-state index contributed by atoms with van der Waals surface area (Å²) in [6.07, 6.45) is -2.79. The third kappa shape index (κ3) is 12.0. The van der Waals surface area contributed by atoms with E-state index < -0.39 is 37.9 Å². The lowest BCUT2D eigenvalue weighted by Gasteiger charge is -1.97. The van der Waals surface area contributed by atoms with Crippen molar-refractivity contribution in [3.05, 3.63) is 34.4 Å². The third-order valence-electron chi connectivity index (χ3n) is 1.76. The van der Waals surface area contributed by atoms with E-state index in [1.807, 2.05) is 0 Å². The largest absolute Gasteiger partial charge is 0.503 e. The average Bonchev–Trinajstić information content (AvgIpc) is 2.45. The number of hydrogen-bond acceptors (Lipinski definition) is 8. The maximum Gasteiger partial charge on any atom is 0.503 e. The van der Waals surface area contributed by atoms with Gasteiger partial charge in [-0.15, -0.1) is 0 Å². The summed E-state index contributed by atoms with van der Waals surface area (Å²) in [4.78, 5) is 17.3. The van der Waals surface area contributed by atoms with E-state index in [0.717, 1.165) is 12.1 Å².